The minimum Gasteiger partial charge on any atom is -0.481 e. The lowest BCUT2D eigenvalue weighted by Crippen LogP contribution is -2.59. The summed E-state index contributed by atoms with van der Waals surface area (Å²) in [5, 5.41) is 25.5. The summed E-state index contributed by atoms with van der Waals surface area (Å²) in [5.74, 6) is -5.40. The molecule has 0 saturated carbocycles. The van der Waals surface area contributed by atoms with Crippen molar-refractivity contribution < 1.29 is 34.2 Å². The number of aliphatic carboxylic acids is 2. The van der Waals surface area contributed by atoms with E-state index in [0.29, 0.717) is 25.8 Å². The quantitative estimate of drug-likeness (QED) is 0.139. The number of hydrogen-bond acceptors (Lipinski definition) is 7. The van der Waals surface area contributed by atoms with Crippen LogP contribution in [0.2, 0.25) is 0 Å². The van der Waals surface area contributed by atoms with Gasteiger partial charge in [0, 0.05) is 0 Å². The summed E-state index contributed by atoms with van der Waals surface area (Å²) in [6.45, 7) is 7.42. The molecule has 12 nitrogen and oxygen atoms in total. The monoisotopic (exact) mass is 473 g/mol. The van der Waals surface area contributed by atoms with Crippen LogP contribution in [0.1, 0.15) is 59.8 Å². The zero-order chi connectivity index (χ0) is 25.7. The number of carbonyl (C=O) groups is 5. The molecule has 0 aromatic rings. The van der Waals surface area contributed by atoms with E-state index in [9.17, 15) is 29.1 Å². The molecule has 0 aromatic heterocycles. The SMILES string of the molecule is CCC(C)C(NC(=O)C(CCCCN)NC(=O)C(N)C(C)C)C(=O)NC(CC(=O)O)C(=O)O. The van der Waals surface area contributed by atoms with E-state index in [1.54, 1.807) is 27.7 Å². The summed E-state index contributed by atoms with van der Waals surface area (Å²) >= 11 is 0. The van der Waals surface area contributed by atoms with Gasteiger partial charge in [0.25, 0.3) is 0 Å². The Morgan fingerprint density at radius 2 is 1.42 bits per heavy atom. The van der Waals surface area contributed by atoms with Crippen molar-refractivity contribution in [3.63, 3.8) is 0 Å². The Balaban J connectivity index is 5.58. The Labute approximate surface area is 194 Å². The molecule has 0 radical (unpaired) electrons. The van der Waals surface area contributed by atoms with E-state index in [4.69, 9.17) is 16.6 Å². The molecular formula is C21H39N5O7. The molecular weight excluding hydrogens is 434 g/mol. The number of nitrogens with one attached hydrogen (secondary N) is 3. The standard InChI is InChI=1S/C21H39N5O7/c1-5-12(4)17(20(31)25-14(21(32)33)10-15(27)28)26-18(29)13(8-6-7-9-22)24-19(30)16(23)11(2)3/h11-14,16-17H,5-10,22-23H2,1-4H3,(H,24,30)(H,25,31)(H,26,29)(H,27,28)(H,32,33). The number of nitrogens with two attached hydrogens (primary N) is 2. The first-order chi connectivity index (χ1) is 15.3. The Kier molecular flexibility index (Phi) is 13.9. The normalized spacial score (nSPS) is 15.6. The van der Waals surface area contributed by atoms with Gasteiger partial charge in [-0.1, -0.05) is 34.1 Å². The van der Waals surface area contributed by atoms with Gasteiger partial charge in [0.05, 0.1) is 12.5 Å². The van der Waals surface area contributed by atoms with Crippen molar-refractivity contribution in [2.75, 3.05) is 6.54 Å². The summed E-state index contributed by atoms with van der Waals surface area (Å²) in [4.78, 5) is 60.4. The summed E-state index contributed by atoms with van der Waals surface area (Å²) in [7, 11) is 0. The second kappa shape index (κ2) is 15.2. The summed E-state index contributed by atoms with van der Waals surface area (Å²) in [6.07, 6.45) is 1.10. The zero-order valence-corrected chi connectivity index (χ0v) is 19.8. The van der Waals surface area contributed by atoms with Crippen LogP contribution in [0.5, 0.6) is 0 Å². The number of rotatable bonds is 16. The first-order valence-electron chi connectivity index (χ1n) is 11.2. The van der Waals surface area contributed by atoms with E-state index in [0.717, 1.165) is 0 Å². The molecule has 0 bridgehead atoms. The van der Waals surface area contributed by atoms with Crippen molar-refractivity contribution in [3.8, 4) is 0 Å². The molecule has 0 heterocycles. The van der Waals surface area contributed by atoms with Gasteiger partial charge in [-0.3, -0.25) is 19.2 Å². The van der Waals surface area contributed by atoms with E-state index in [1.165, 1.54) is 0 Å². The summed E-state index contributed by atoms with van der Waals surface area (Å²) in [5.41, 5.74) is 11.4. The van der Waals surface area contributed by atoms with Gasteiger partial charge in [0.15, 0.2) is 0 Å². The first kappa shape index (κ1) is 30.3. The highest BCUT2D eigenvalue weighted by molar-refractivity contribution is 5.94. The highest BCUT2D eigenvalue weighted by atomic mass is 16.4. The van der Waals surface area contributed by atoms with Crippen LogP contribution < -0.4 is 27.4 Å². The van der Waals surface area contributed by atoms with Crippen molar-refractivity contribution in [1.29, 1.82) is 0 Å². The maximum absolute atomic E-state index is 13.0. The highest BCUT2D eigenvalue weighted by Crippen LogP contribution is 2.11. The van der Waals surface area contributed by atoms with Gasteiger partial charge in [0.1, 0.15) is 18.1 Å². The summed E-state index contributed by atoms with van der Waals surface area (Å²) in [6, 6.07) is -4.58. The van der Waals surface area contributed by atoms with Crippen LogP contribution in [0.3, 0.4) is 0 Å². The Morgan fingerprint density at radius 3 is 1.88 bits per heavy atom. The fraction of sp³-hybridized carbons (Fsp3) is 0.762. The van der Waals surface area contributed by atoms with Crippen LogP contribution in [0.15, 0.2) is 0 Å². The maximum Gasteiger partial charge on any atom is 0.326 e. The lowest BCUT2D eigenvalue weighted by atomic mass is 9.96. The van der Waals surface area contributed by atoms with Gasteiger partial charge in [-0.25, -0.2) is 4.79 Å². The lowest BCUT2D eigenvalue weighted by Gasteiger charge is -2.28. The smallest absolute Gasteiger partial charge is 0.326 e. The van der Waals surface area contributed by atoms with Gasteiger partial charge in [-0.15, -0.1) is 0 Å². The predicted molar refractivity (Wildman–Crippen MR) is 121 cm³/mol. The average molecular weight is 474 g/mol. The van der Waals surface area contributed by atoms with Crippen LogP contribution in [0, 0.1) is 11.8 Å². The highest BCUT2D eigenvalue weighted by Gasteiger charge is 2.33. The number of hydrogen-bond donors (Lipinski definition) is 7. The Morgan fingerprint density at radius 1 is 0.848 bits per heavy atom. The fourth-order valence-corrected chi connectivity index (χ4v) is 2.92. The molecule has 12 heteroatoms. The average Bonchev–Trinajstić information content (AvgIpc) is 2.74. The zero-order valence-electron chi connectivity index (χ0n) is 19.8. The molecule has 33 heavy (non-hydrogen) atoms. The van der Waals surface area contributed by atoms with Gasteiger partial charge in [-0.2, -0.15) is 0 Å². The van der Waals surface area contributed by atoms with Crippen LogP contribution in [0.25, 0.3) is 0 Å². The fourth-order valence-electron chi connectivity index (χ4n) is 2.92. The van der Waals surface area contributed by atoms with Crippen LogP contribution in [0.4, 0.5) is 0 Å². The van der Waals surface area contributed by atoms with Crippen molar-refractivity contribution in [1.82, 2.24) is 16.0 Å². The molecule has 0 aliphatic carbocycles. The number of carboxylic acid groups (broad SMARTS) is 2. The van der Waals surface area contributed by atoms with Crippen LogP contribution >= 0.6 is 0 Å². The Hall–Kier alpha value is -2.73. The maximum atomic E-state index is 13.0. The van der Waals surface area contributed by atoms with E-state index >= 15 is 0 Å². The number of unbranched alkanes of at least 4 members (excludes halogenated alkanes) is 1. The Bertz CT molecular complexity index is 686. The van der Waals surface area contributed by atoms with Gasteiger partial charge in [0.2, 0.25) is 17.7 Å². The molecule has 5 unspecified atom stereocenters. The summed E-state index contributed by atoms with van der Waals surface area (Å²) < 4.78 is 0. The number of carboxylic acids is 2. The van der Waals surface area contributed by atoms with Crippen LogP contribution in [-0.4, -0.2) is 70.6 Å². The minimum absolute atomic E-state index is 0.154. The third kappa shape index (κ3) is 11.1. The van der Waals surface area contributed by atoms with E-state index in [-0.39, 0.29) is 12.3 Å². The third-order valence-corrected chi connectivity index (χ3v) is 5.39. The number of amides is 3. The lowest BCUT2D eigenvalue weighted by molar-refractivity contribution is -0.147. The minimum atomic E-state index is -1.65. The van der Waals surface area contributed by atoms with Gasteiger partial charge < -0.3 is 37.6 Å². The van der Waals surface area contributed by atoms with Gasteiger partial charge >= 0.3 is 11.9 Å². The van der Waals surface area contributed by atoms with Crippen molar-refractivity contribution in [2.45, 2.75) is 84.0 Å². The molecule has 0 aliphatic rings. The molecule has 0 rings (SSSR count). The molecule has 5 atom stereocenters. The molecule has 9 N–H and O–H groups in total. The molecule has 0 saturated heterocycles. The van der Waals surface area contributed by atoms with E-state index < -0.39 is 66.2 Å². The van der Waals surface area contributed by atoms with Crippen molar-refractivity contribution >= 4 is 29.7 Å². The van der Waals surface area contributed by atoms with Gasteiger partial charge in [-0.05, 0) is 37.6 Å². The predicted octanol–water partition coefficient (Wildman–Crippen LogP) is -0.841. The van der Waals surface area contributed by atoms with Crippen LogP contribution in [-0.2, 0) is 24.0 Å². The second-order valence-electron chi connectivity index (χ2n) is 8.48. The first-order valence-corrected chi connectivity index (χ1v) is 11.2. The molecule has 0 spiro atoms. The second-order valence-corrected chi connectivity index (χ2v) is 8.48. The molecule has 190 valence electrons. The van der Waals surface area contributed by atoms with Crippen molar-refractivity contribution in [2.24, 2.45) is 23.3 Å². The largest absolute Gasteiger partial charge is 0.481 e. The third-order valence-electron chi connectivity index (χ3n) is 5.39. The van der Waals surface area contributed by atoms with E-state index in [2.05, 4.69) is 16.0 Å². The molecule has 0 aromatic carbocycles. The molecule has 3 amide bonds. The van der Waals surface area contributed by atoms with E-state index in [1.807, 2.05) is 0 Å². The topological polar surface area (TPSA) is 214 Å². The molecule has 0 aliphatic heterocycles. The van der Waals surface area contributed by atoms with Crippen molar-refractivity contribution in [3.05, 3.63) is 0 Å². The molecule has 0 fully saturated rings. The number of carbonyl (C=O) groups excluding carboxylic acids is 3.